The highest BCUT2D eigenvalue weighted by molar-refractivity contribution is 8.18. The van der Waals surface area contributed by atoms with Gasteiger partial charge in [-0.3, -0.25) is 14.8 Å². The molecule has 1 aliphatic rings. The second kappa shape index (κ2) is 8.18. The third kappa shape index (κ3) is 4.44. The normalized spacial score (nSPS) is 17.0. The first-order chi connectivity index (χ1) is 13.3. The smallest absolute Gasteiger partial charge is 0.264 e. The van der Waals surface area contributed by atoms with E-state index in [0.29, 0.717) is 16.6 Å². The molecule has 4 nitrogen and oxygen atoms in total. The summed E-state index contributed by atoms with van der Waals surface area (Å²) >= 11 is 1.40. The first-order valence-electron chi connectivity index (χ1n) is 8.92. The quantitative estimate of drug-likeness (QED) is 0.532. The van der Waals surface area contributed by atoms with Crippen LogP contribution in [0.4, 0.5) is 0 Å². The lowest BCUT2D eigenvalue weighted by molar-refractivity contribution is -0.115. The van der Waals surface area contributed by atoms with Gasteiger partial charge in [-0.1, -0.05) is 42.5 Å². The van der Waals surface area contributed by atoms with E-state index < -0.39 is 0 Å². The fourth-order valence-corrected chi connectivity index (χ4v) is 3.79. The Morgan fingerprint density at radius 1 is 1.07 bits per heavy atom. The average Bonchev–Trinajstić information content (AvgIpc) is 3.05. The Balaban J connectivity index is 1.39. The molecule has 0 aliphatic carbocycles. The van der Waals surface area contributed by atoms with Gasteiger partial charge >= 0.3 is 0 Å². The van der Waals surface area contributed by atoms with Gasteiger partial charge in [0.15, 0.2) is 5.17 Å². The molecule has 2 aromatic carbocycles. The number of benzene rings is 2. The van der Waals surface area contributed by atoms with Crippen LogP contribution in [-0.2, 0) is 11.2 Å². The van der Waals surface area contributed by atoms with E-state index >= 15 is 0 Å². The van der Waals surface area contributed by atoms with Crippen LogP contribution in [0, 0.1) is 0 Å². The number of fused-ring (bicyclic) bond motifs is 1. The summed E-state index contributed by atoms with van der Waals surface area (Å²) in [5.41, 5.74) is 3.24. The zero-order valence-corrected chi connectivity index (χ0v) is 15.6. The van der Waals surface area contributed by atoms with Crippen LogP contribution >= 0.6 is 11.8 Å². The van der Waals surface area contributed by atoms with Crippen molar-refractivity contribution in [3.8, 4) is 0 Å². The predicted molar refractivity (Wildman–Crippen MR) is 113 cm³/mol. The van der Waals surface area contributed by atoms with E-state index in [9.17, 15) is 4.79 Å². The van der Waals surface area contributed by atoms with E-state index in [1.807, 2.05) is 54.6 Å². The highest BCUT2D eigenvalue weighted by Gasteiger charge is 2.23. The number of amidine groups is 1. The number of thioether (sulfide) groups is 1. The summed E-state index contributed by atoms with van der Waals surface area (Å²) in [4.78, 5) is 21.7. The molecule has 0 spiro atoms. The molecular weight excluding hydrogens is 354 g/mol. The first kappa shape index (κ1) is 17.5. The fraction of sp³-hybridized carbons (Fsp3) is 0.136. The Hall–Kier alpha value is -2.92. The molecular formula is C22H19N3OS. The maximum absolute atomic E-state index is 12.2. The van der Waals surface area contributed by atoms with Crippen LogP contribution in [0.3, 0.4) is 0 Å². The number of hydrogen-bond donors (Lipinski definition) is 1. The molecule has 1 saturated heterocycles. The van der Waals surface area contributed by atoms with Crippen LogP contribution in [0.15, 0.2) is 76.8 Å². The Labute approximate surface area is 162 Å². The van der Waals surface area contributed by atoms with Gasteiger partial charge in [-0.2, -0.15) is 0 Å². The van der Waals surface area contributed by atoms with Gasteiger partial charge in [0.25, 0.3) is 5.91 Å². The van der Waals surface area contributed by atoms with Gasteiger partial charge in [-0.15, -0.1) is 0 Å². The first-order valence-corrected chi connectivity index (χ1v) is 9.74. The zero-order chi connectivity index (χ0) is 18.5. The lowest BCUT2D eigenvalue weighted by atomic mass is 10.1. The summed E-state index contributed by atoms with van der Waals surface area (Å²) in [6.45, 7) is 0.701. The number of carbonyl (C=O) groups is 1. The van der Waals surface area contributed by atoms with Crippen molar-refractivity contribution in [1.29, 1.82) is 0 Å². The summed E-state index contributed by atoms with van der Waals surface area (Å²) in [5.74, 6) is -0.0897. The van der Waals surface area contributed by atoms with Gasteiger partial charge in [0.1, 0.15) is 0 Å². The maximum atomic E-state index is 12.2. The molecule has 134 valence electrons. The van der Waals surface area contributed by atoms with Crippen molar-refractivity contribution in [2.75, 3.05) is 6.54 Å². The number of rotatable bonds is 5. The molecule has 3 aromatic rings. The van der Waals surface area contributed by atoms with Crippen LogP contribution in [0.5, 0.6) is 0 Å². The SMILES string of the molecule is O=C1NC(=NCCCc2ccccc2)SC1=Cc1ccc2ncccc2c1. The summed E-state index contributed by atoms with van der Waals surface area (Å²) in [6.07, 6.45) is 5.63. The molecule has 27 heavy (non-hydrogen) atoms. The molecule has 1 N–H and O–H groups in total. The minimum atomic E-state index is -0.0897. The summed E-state index contributed by atoms with van der Waals surface area (Å²) in [7, 11) is 0. The summed E-state index contributed by atoms with van der Waals surface area (Å²) in [5, 5.41) is 4.60. The predicted octanol–water partition coefficient (Wildman–Crippen LogP) is 4.43. The lowest BCUT2D eigenvalue weighted by Gasteiger charge is -1.99. The minimum Gasteiger partial charge on any atom is -0.301 e. The zero-order valence-electron chi connectivity index (χ0n) is 14.8. The van der Waals surface area contributed by atoms with Gasteiger partial charge in [0.05, 0.1) is 10.4 Å². The topological polar surface area (TPSA) is 54.4 Å². The number of nitrogens with one attached hydrogen (secondary N) is 1. The van der Waals surface area contributed by atoms with Gasteiger partial charge < -0.3 is 5.32 Å². The monoisotopic (exact) mass is 373 g/mol. The van der Waals surface area contributed by atoms with Crippen molar-refractivity contribution in [3.05, 3.63) is 82.9 Å². The summed E-state index contributed by atoms with van der Waals surface area (Å²) in [6, 6.07) is 20.3. The van der Waals surface area contributed by atoms with E-state index in [2.05, 4.69) is 27.4 Å². The Kier molecular flexibility index (Phi) is 5.30. The number of amides is 1. The van der Waals surface area contributed by atoms with E-state index in [1.54, 1.807) is 6.20 Å². The molecule has 1 amide bonds. The van der Waals surface area contributed by atoms with E-state index in [4.69, 9.17) is 0 Å². The van der Waals surface area contributed by atoms with Crippen molar-refractivity contribution < 1.29 is 4.79 Å². The Bertz CT molecular complexity index is 1030. The number of carbonyl (C=O) groups excluding carboxylic acids is 1. The lowest BCUT2D eigenvalue weighted by Crippen LogP contribution is -2.20. The third-order valence-corrected chi connectivity index (χ3v) is 5.25. The molecule has 1 fully saturated rings. The largest absolute Gasteiger partial charge is 0.301 e. The second-order valence-corrected chi connectivity index (χ2v) is 7.33. The van der Waals surface area contributed by atoms with Crippen molar-refractivity contribution in [2.24, 2.45) is 4.99 Å². The average molecular weight is 373 g/mol. The standard InChI is InChI=1S/C22H19N3OS/c26-21-20(15-17-10-11-19-18(14-17)9-5-12-23-19)27-22(25-21)24-13-4-8-16-6-2-1-3-7-16/h1-3,5-7,9-12,14-15H,4,8,13H2,(H,24,25,26). The number of hydrogen-bond acceptors (Lipinski definition) is 4. The molecule has 2 heterocycles. The van der Waals surface area contributed by atoms with E-state index in [-0.39, 0.29) is 5.91 Å². The second-order valence-electron chi connectivity index (χ2n) is 6.30. The van der Waals surface area contributed by atoms with Gasteiger partial charge in [-0.25, -0.2) is 0 Å². The minimum absolute atomic E-state index is 0.0897. The molecule has 0 atom stereocenters. The number of aromatic nitrogens is 1. The van der Waals surface area contributed by atoms with Crippen molar-refractivity contribution in [2.45, 2.75) is 12.8 Å². The molecule has 0 bridgehead atoms. The van der Waals surface area contributed by atoms with Crippen molar-refractivity contribution >= 4 is 39.8 Å². The number of aryl methyl sites for hydroxylation is 1. The van der Waals surface area contributed by atoms with Crippen LogP contribution < -0.4 is 5.32 Å². The van der Waals surface area contributed by atoms with Crippen LogP contribution in [-0.4, -0.2) is 22.6 Å². The molecule has 1 aliphatic heterocycles. The van der Waals surface area contributed by atoms with E-state index in [0.717, 1.165) is 29.3 Å². The Morgan fingerprint density at radius 2 is 1.96 bits per heavy atom. The number of pyridine rings is 1. The maximum Gasteiger partial charge on any atom is 0.264 e. The van der Waals surface area contributed by atoms with Crippen LogP contribution in [0.2, 0.25) is 0 Å². The van der Waals surface area contributed by atoms with Crippen LogP contribution in [0.25, 0.3) is 17.0 Å². The number of nitrogens with zero attached hydrogens (tertiary/aromatic N) is 2. The van der Waals surface area contributed by atoms with Crippen LogP contribution in [0.1, 0.15) is 17.5 Å². The Morgan fingerprint density at radius 3 is 2.85 bits per heavy atom. The van der Waals surface area contributed by atoms with Gasteiger partial charge in [0, 0.05) is 18.1 Å². The van der Waals surface area contributed by atoms with Gasteiger partial charge in [-0.05, 0) is 60.0 Å². The fourth-order valence-electron chi connectivity index (χ4n) is 2.95. The number of aliphatic imine (C=N–C) groups is 1. The van der Waals surface area contributed by atoms with Gasteiger partial charge in [0.2, 0.25) is 0 Å². The van der Waals surface area contributed by atoms with Crippen molar-refractivity contribution in [1.82, 2.24) is 10.3 Å². The molecule has 5 heteroatoms. The molecule has 0 unspecified atom stereocenters. The van der Waals surface area contributed by atoms with Crippen molar-refractivity contribution in [3.63, 3.8) is 0 Å². The molecule has 0 saturated carbocycles. The van der Waals surface area contributed by atoms with E-state index in [1.165, 1.54) is 17.3 Å². The molecule has 0 radical (unpaired) electrons. The highest BCUT2D eigenvalue weighted by atomic mass is 32.2. The molecule has 4 rings (SSSR count). The summed E-state index contributed by atoms with van der Waals surface area (Å²) < 4.78 is 0. The highest BCUT2D eigenvalue weighted by Crippen LogP contribution is 2.27. The third-order valence-electron chi connectivity index (χ3n) is 4.30. The molecule has 1 aromatic heterocycles.